The molecule has 1 N–H and O–H groups in total. The Labute approximate surface area is 137 Å². The third-order valence-corrected chi connectivity index (χ3v) is 3.29. The Morgan fingerprint density at radius 2 is 1.96 bits per heavy atom. The van der Waals surface area contributed by atoms with Crippen molar-refractivity contribution < 1.29 is 22.7 Å². The Kier molecular flexibility index (Phi) is 5.97. The number of benzene rings is 1. The number of aromatic nitrogens is 2. The fourth-order valence-corrected chi connectivity index (χ4v) is 2.08. The van der Waals surface area contributed by atoms with Gasteiger partial charge in [-0.2, -0.15) is 18.3 Å². The largest absolute Gasteiger partial charge is 0.435 e. The van der Waals surface area contributed by atoms with Crippen molar-refractivity contribution in [2.24, 2.45) is 0 Å². The van der Waals surface area contributed by atoms with Gasteiger partial charge >= 0.3 is 6.18 Å². The predicted molar refractivity (Wildman–Crippen MR) is 80.8 cm³/mol. The summed E-state index contributed by atoms with van der Waals surface area (Å²) >= 11 is 0. The molecule has 1 amide bonds. The van der Waals surface area contributed by atoms with E-state index in [1.807, 2.05) is 31.2 Å². The van der Waals surface area contributed by atoms with Crippen LogP contribution in [0.2, 0.25) is 0 Å². The minimum atomic E-state index is -4.51. The van der Waals surface area contributed by atoms with Gasteiger partial charge in [-0.05, 0) is 24.1 Å². The zero-order valence-electron chi connectivity index (χ0n) is 13.1. The minimum absolute atomic E-state index is 0.273. The Bertz CT molecular complexity index is 683. The fourth-order valence-electron chi connectivity index (χ4n) is 2.08. The third kappa shape index (κ3) is 5.09. The first-order valence-electron chi connectivity index (χ1n) is 7.42. The van der Waals surface area contributed by atoms with E-state index in [1.165, 1.54) is 0 Å². The van der Waals surface area contributed by atoms with Crippen molar-refractivity contribution in [2.45, 2.75) is 32.8 Å². The molecule has 2 rings (SSSR count). The lowest BCUT2D eigenvalue weighted by atomic mass is 10.1. The molecular weight excluding hydrogens is 323 g/mol. The third-order valence-electron chi connectivity index (χ3n) is 3.29. The number of nitrogens with zero attached hydrogens (tertiary/aromatic N) is 2. The molecule has 0 aliphatic carbocycles. The summed E-state index contributed by atoms with van der Waals surface area (Å²) in [5.41, 5.74) is 0.839. The summed E-state index contributed by atoms with van der Waals surface area (Å²) in [7, 11) is 0. The van der Waals surface area contributed by atoms with E-state index in [2.05, 4.69) is 10.4 Å². The first-order valence-corrected chi connectivity index (χ1v) is 7.42. The quantitative estimate of drug-likeness (QED) is 0.842. The normalized spacial score (nSPS) is 11.5. The molecule has 1 heterocycles. The van der Waals surface area contributed by atoms with Gasteiger partial charge in [0.1, 0.15) is 6.54 Å². The number of hydrogen-bond acceptors (Lipinski definition) is 3. The van der Waals surface area contributed by atoms with E-state index in [1.54, 1.807) is 0 Å². The number of carbonyl (C=O) groups is 1. The molecule has 0 fully saturated rings. The summed E-state index contributed by atoms with van der Waals surface area (Å²) in [5, 5.41) is 6.02. The lowest BCUT2D eigenvalue weighted by Gasteiger charge is -2.11. The first kappa shape index (κ1) is 18.0. The van der Waals surface area contributed by atoms with Crippen LogP contribution in [0, 0.1) is 0 Å². The maximum absolute atomic E-state index is 12.5. The lowest BCUT2D eigenvalue weighted by Crippen LogP contribution is -2.28. The van der Waals surface area contributed by atoms with E-state index in [-0.39, 0.29) is 13.1 Å². The number of amides is 1. The van der Waals surface area contributed by atoms with Crippen LogP contribution in [-0.2, 0) is 35.4 Å². The van der Waals surface area contributed by atoms with Crippen LogP contribution in [0.4, 0.5) is 13.2 Å². The highest BCUT2D eigenvalue weighted by Gasteiger charge is 2.33. The highest BCUT2D eigenvalue weighted by Crippen LogP contribution is 2.27. The number of hydrogen-bond donors (Lipinski definition) is 1. The average molecular weight is 341 g/mol. The number of alkyl halides is 3. The molecule has 5 nitrogen and oxygen atoms in total. The summed E-state index contributed by atoms with van der Waals surface area (Å²) in [5.74, 6) is -0.418. The van der Waals surface area contributed by atoms with Gasteiger partial charge in [0.05, 0.1) is 6.61 Å². The first-order chi connectivity index (χ1) is 11.4. The number of carbonyl (C=O) groups excluding carboxylic acids is 1. The number of ether oxygens (including phenoxy) is 1. The van der Waals surface area contributed by atoms with Gasteiger partial charge in [-0.1, -0.05) is 24.3 Å². The zero-order chi connectivity index (χ0) is 17.6. The van der Waals surface area contributed by atoms with Gasteiger partial charge < -0.3 is 10.1 Å². The van der Waals surface area contributed by atoms with Gasteiger partial charge in [0, 0.05) is 19.3 Å². The van der Waals surface area contributed by atoms with E-state index in [9.17, 15) is 18.0 Å². The maximum atomic E-state index is 12.5. The van der Waals surface area contributed by atoms with Crippen molar-refractivity contribution in [1.82, 2.24) is 15.1 Å². The molecule has 0 aliphatic rings. The minimum Gasteiger partial charge on any atom is -0.377 e. The summed E-state index contributed by atoms with van der Waals surface area (Å²) in [6.07, 6.45) is -3.38. The van der Waals surface area contributed by atoms with Crippen molar-refractivity contribution in [3.05, 3.63) is 53.3 Å². The van der Waals surface area contributed by atoms with Gasteiger partial charge in [-0.3, -0.25) is 9.48 Å². The highest BCUT2D eigenvalue weighted by atomic mass is 19.4. The van der Waals surface area contributed by atoms with Crippen molar-refractivity contribution in [1.29, 1.82) is 0 Å². The van der Waals surface area contributed by atoms with Crippen LogP contribution in [0.3, 0.4) is 0 Å². The molecule has 0 saturated carbocycles. The van der Waals surface area contributed by atoms with Crippen LogP contribution in [0.1, 0.15) is 23.7 Å². The van der Waals surface area contributed by atoms with Crippen molar-refractivity contribution in [2.75, 3.05) is 6.61 Å². The van der Waals surface area contributed by atoms with Crippen LogP contribution < -0.4 is 5.32 Å². The van der Waals surface area contributed by atoms with E-state index in [4.69, 9.17) is 4.74 Å². The van der Waals surface area contributed by atoms with Gasteiger partial charge in [0.2, 0.25) is 5.91 Å². The molecule has 0 saturated heterocycles. The number of halogens is 3. The molecular formula is C16H18F3N3O2. The second kappa shape index (κ2) is 7.96. The summed E-state index contributed by atoms with van der Waals surface area (Å²) < 4.78 is 43.7. The summed E-state index contributed by atoms with van der Waals surface area (Å²) in [4.78, 5) is 11.9. The van der Waals surface area contributed by atoms with Gasteiger partial charge in [-0.15, -0.1) is 0 Å². The topological polar surface area (TPSA) is 56.1 Å². The molecule has 0 atom stereocenters. The van der Waals surface area contributed by atoms with Gasteiger partial charge in [0.25, 0.3) is 0 Å². The van der Waals surface area contributed by atoms with Crippen LogP contribution in [0.25, 0.3) is 0 Å². The Morgan fingerprint density at radius 1 is 1.25 bits per heavy atom. The molecule has 24 heavy (non-hydrogen) atoms. The molecule has 1 aromatic heterocycles. The smallest absolute Gasteiger partial charge is 0.377 e. The molecule has 0 bridgehead atoms. The second-order valence-corrected chi connectivity index (χ2v) is 5.08. The zero-order valence-corrected chi connectivity index (χ0v) is 13.1. The van der Waals surface area contributed by atoms with Gasteiger partial charge in [-0.25, -0.2) is 0 Å². The molecule has 0 spiro atoms. The molecule has 0 aliphatic heterocycles. The molecule has 8 heteroatoms. The lowest BCUT2D eigenvalue weighted by molar-refractivity contribution is -0.141. The van der Waals surface area contributed by atoms with E-state index >= 15 is 0 Å². The molecule has 0 unspecified atom stereocenters. The Morgan fingerprint density at radius 3 is 2.58 bits per heavy atom. The van der Waals surface area contributed by atoms with Crippen LogP contribution in [0.15, 0.2) is 36.5 Å². The maximum Gasteiger partial charge on any atom is 0.435 e. The Balaban J connectivity index is 1.91. The highest BCUT2D eigenvalue weighted by molar-refractivity contribution is 5.75. The predicted octanol–water partition coefficient (Wildman–Crippen LogP) is 2.75. The number of rotatable bonds is 7. The van der Waals surface area contributed by atoms with E-state index < -0.39 is 17.8 Å². The average Bonchev–Trinajstić information content (AvgIpc) is 3.00. The molecule has 130 valence electrons. The van der Waals surface area contributed by atoms with E-state index in [0.717, 1.165) is 28.1 Å². The Hall–Kier alpha value is -2.35. The van der Waals surface area contributed by atoms with Crippen molar-refractivity contribution >= 4 is 5.91 Å². The monoisotopic (exact) mass is 341 g/mol. The fraction of sp³-hybridized carbons (Fsp3) is 0.375. The van der Waals surface area contributed by atoms with Crippen LogP contribution >= 0.6 is 0 Å². The van der Waals surface area contributed by atoms with E-state index in [0.29, 0.717) is 13.2 Å². The number of nitrogens with one attached hydrogen (secondary N) is 1. The van der Waals surface area contributed by atoms with Crippen molar-refractivity contribution in [3.8, 4) is 0 Å². The van der Waals surface area contributed by atoms with Crippen molar-refractivity contribution in [3.63, 3.8) is 0 Å². The molecule has 0 radical (unpaired) electrons. The van der Waals surface area contributed by atoms with Crippen LogP contribution in [0.5, 0.6) is 0 Å². The standard InChI is InChI=1S/C16H18F3N3O2/c1-2-24-11-13-6-4-3-5-12(13)9-20-15(23)10-22-8-7-14(21-22)16(17,18)19/h3-8H,2,9-11H2,1H3,(H,20,23). The van der Waals surface area contributed by atoms with Gasteiger partial charge in [0.15, 0.2) is 5.69 Å². The second-order valence-electron chi connectivity index (χ2n) is 5.08. The SMILES string of the molecule is CCOCc1ccccc1CNC(=O)Cn1ccc(C(F)(F)F)n1. The molecule has 2 aromatic rings. The summed E-state index contributed by atoms with van der Waals surface area (Å²) in [6, 6.07) is 8.33. The van der Waals surface area contributed by atoms with Crippen LogP contribution in [-0.4, -0.2) is 22.3 Å². The summed E-state index contributed by atoms with van der Waals surface area (Å²) in [6.45, 7) is 2.92. The molecule has 1 aromatic carbocycles.